The molecule has 0 spiro atoms. The molecule has 4 N–H and O–H groups in total. The van der Waals surface area contributed by atoms with Gasteiger partial charge in [0.2, 0.25) is 5.91 Å². The number of hydrogen-bond donors (Lipinski definition) is 3. The number of benzene rings is 1. The van der Waals surface area contributed by atoms with Crippen molar-refractivity contribution >= 4 is 28.7 Å². The second-order valence-electron chi connectivity index (χ2n) is 5.09. The summed E-state index contributed by atoms with van der Waals surface area (Å²) in [7, 11) is 0. The summed E-state index contributed by atoms with van der Waals surface area (Å²) in [6.07, 6.45) is 0.376. The molecule has 108 valence electrons. The predicted molar refractivity (Wildman–Crippen MR) is 79.4 cm³/mol. The maximum absolute atomic E-state index is 11.5. The average molecular weight is 276 g/mol. The fourth-order valence-corrected chi connectivity index (χ4v) is 1.73. The molecule has 6 nitrogen and oxygen atoms in total. The highest BCUT2D eigenvalue weighted by atomic mass is 16.4. The minimum Gasteiger partial charge on any atom is -0.423 e. The van der Waals surface area contributed by atoms with Crippen LogP contribution in [0.2, 0.25) is 0 Å². The molecule has 0 aliphatic rings. The number of carbonyl (C=O) groups excluding carboxylic acids is 1. The lowest BCUT2D eigenvalue weighted by atomic mass is 10.2. The van der Waals surface area contributed by atoms with Crippen molar-refractivity contribution in [2.45, 2.75) is 20.3 Å². The zero-order valence-electron chi connectivity index (χ0n) is 11.8. The third kappa shape index (κ3) is 3.63. The Bertz CT molecular complexity index is 592. The minimum absolute atomic E-state index is 0.0156. The highest BCUT2D eigenvalue weighted by Crippen LogP contribution is 2.23. The number of nitrogens with zero attached hydrogens (tertiary/aromatic N) is 1. The summed E-state index contributed by atoms with van der Waals surface area (Å²) < 4.78 is 5.49. The van der Waals surface area contributed by atoms with Crippen molar-refractivity contribution in [3.63, 3.8) is 0 Å². The molecule has 0 radical (unpaired) electrons. The van der Waals surface area contributed by atoms with Gasteiger partial charge in [-0.05, 0) is 18.1 Å². The van der Waals surface area contributed by atoms with Crippen LogP contribution in [0.5, 0.6) is 0 Å². The fraction of sp³-hybridized carbons (Fsp3) is 0.429. The Kier molecular flexibility index (Phi) is 4.45. The molecule has 1 aromatic heterocycles. The van der Waals surface area contributed by atoms with Crippen LogP contribution in [-0.4, -0.2) is 24.0 Å². The number of hydrogen-bond acceptors (Lipinski definition) is 5. The van der Waals surface area contributed by atoms with E-state index in [1.54, 1.807) is 12.1 Å². The first-order valence-electron chi connectivity index (χ1n) is 6.72. The number of nitrogens with two attached hydrogens (primary N) is 1. The number of rotatable bonds is 6. The fourth-order valence-electron chi connectivity index (χ4n) is 1.73. The second kappa shape index (κ2) is 6.27. The van der Waals surface area contributed by atoms with E-state index in [1.165, 1.54) is 0 Å². The van der Waals surface area contributed by atoms with E-state index in [0.29, 0.717) is 48.2 Å². The van der Waals surface area contributed by atoms with Crippen LogP contribution in [0.3, 0.4) is 0 Å². The van der Waals surface area contributed by atoms with E-state index in [0.717, 1.165) is 0 Å². The van der Waals surface area contributed by atoms with E-state index in [-0.39, 0.29) is 5.91 Å². The van der Waals surface area contributed by atoms with Crippen molar-refractivity contribution in [3.05, 3.63) is 18.2 Å². The molecule has 0 unspecified atom stereocenters. The number of carbonyl (C=O) groups is 1. The third-order valence-electron chi connectivity index (χ3n) is 2.79. The van der Waals surface area contributed by atoms with Crippen molar-refractivity contribution < 1.29 is 9.21 Å². The Labute approximate surface area is 117 Å². The lowest BCUT2D eigenvalue weighted by Gasteiger charge is -2.07. The number of aromatic nitrogens is 1. The Morgan fingerprint density at radius 3 is 2.95 bits per heavy atom. The quantitative estimate of drug-likeness (QED) is 0.701. The SMILES string of the molecule is CC(C)CNC(=O)CCNc1nc2c(N)cccc2o1. The number of oxazole rings is 1. The molecule has 0 atom stereocenters. The average Bonchev–Trinajstić information content (AvgIpc) is 2.81. The van der Waals surface area contributed by atoms with Gasteiger partial charge >= 0.3 is 0 Å². The second-order valence-corrected chi connectivity index (χ2v) is 5.09. The van der Waals surface area contributed by atoms with Crippen LogP contribution in [0.1, 0.15) is 20.3 Å². The lowest BCUT2D eigenvalue weighted by Crippen LogP contribution is -2.28. The van der Waals surface area contributed by atoms with Gasteiger partial charge in [0, 0.05) is 19.5 Å². The highest BCUT2D eigenvalue weighted by molar-refractivity contribution is 5.86. The number of nitrogen functional groups attached to an aromatic ring is 1. The molecule has 0 bridgehead atoms. The molecule has 0 saturated heterocycles. The number of amides is 1. The van der Waals surface area contributed by atoms with Gasteiger partial charge < -0.3 is 20.8 Å². The largest absolute Gasteiger partial charge is 0.423 e. The molecule has 1 heterocycles. The summed E-state index contributed by atoms with van der Waals surface area (Å²) >= 11 is 0. The minimum atomic E-state index is 0.0156. The third-order valence-corrected chi connectivity index (χ3v) is 2.79. The van der Waals surface area contributed by atoms with Crippen LogP contribution >= 0.6 is 0 Å². The van der Waals surface area contributed by atoms with Crippen molar-refractivity contribution in [2.24, 2.45) is 5.92 Å². The van der Waals surface area contributed by atoms with Gasteiger partial charge in [0.1, 0.15) is 5.52 Å². The summed E-state index contributed by atoms with van der Waals surface area (Å²) in [6.45, 7) is 5.28. The molecule has 0 aliphatic carbocycles. The van der Waals surface area contributed by atoms with Crippen molar-refractivity contribution in [2.75, 3.05) is 24.1 Å². The lowest BCUT2D eigenvalue weighted by molar-refractivity contribution is -0.120. The number of para-hydroxylation sites is 1. The smallest absolute Gasteiger partial charge is 0.295 e. The van der Waals surface area contributed by atoms with E-state index < -0.39 is 0 Å². The van der Waals surface area contributed by atoms with Crippen LogP contribution in [0.4, 0.5) is 11.7 Å². The standard InChI is InChI=1S/C14H20N4O2/c1-9(2)8-17-12(19)6-7-16-14-18-13-10(15)4-3-5-11(13)20-14/h3-5,9H,6-8,15H2,1-2H3,(H,16,18)(H,17,19). The van der Waals surface area contributed by atoms with Gasteiger partial charge in [-0.1, -0.05) is 19.9 Å². The van der Waals surface area contributed by atoms with Gasteiger partial charge in [0.15, 0.2) is 5.58 Å². The van der Waals surface area contributed by atoms with Crippen LogP contribution in [0, 0.1) is 5.92 Å². The zero-order chi connectivity index (χ0) is 14.5. The maximum Gasteiger partial charge on any atom is 0.295 e. The first kappa shape index (κ1) is 14.2. The summed E-state index contributed by atoms with van der Waals surface area (Å²) in [6, 6.07) is 5.77. The molecule has 2 rings (SSSR count). The normalized spacial score (nSPS) is 10.9. The highest BCUT2D eigenvalue weighted by Gasteiger charge is 2.08. The van der Waals surface area contributed by atoms with E-state index in [2.05, 4.69) is 29.5 Å². The van der Waals surface area contributed by atoms with Crippen molar-refractivity contribution in [3.8, 4) is 0 Å². The monoisotopic (exact) mass is 276 g/mol. The van der Waals surface area contributed by atoms with Crippen LogP contribution in [-0.2, 0) is 4.79 Å². The van der Waals surface area contributed by atoms with Gasteiger partial charge in [-0.25, -0.2) is 0 Å². The van der Waals surface area contributed by atoms with Crippen LogP contribution < -0.4 is 16.4 Å². The van der Waals surface area contributed by atoms with Crippen LogP contribution in [0.25, 0.3) is 11.1 Å². The van der Waals surface area contributed by atoms with E-state index in [9.17, 15) is 4.79 Å². The summed E-state index contributed by atoms with van der Waals surface area (Å²) in [5, 5.41) is 5.84. The van der Waals surface area contributed by atoms with E-state index in [4.69, 9.17) is 10.2 Å². The molecule has 20 heavy (non-hydrogen) atoms. The first-order valence-corrected chi connectivity index (χ1v) is 6.72. The summed E-state index contributed by atoms with van der Waals surface area (Å²) in [5.74, 6) is 0.466. The Balaban J connectivity index is 1.84. The number of fused-ring (bicyclic) bond motifs is 1. The molecular formula is C14H20N4O2. The summed E-state index contributed by atoms with van der Waals surface area (Å²) in [5.41, 5.74) is 7.65. The van der Waals surface area contributed by atoms with Crippen molar-refractivity contribution in [1.82, 2.24) is 10.3 Å². The van der Waals surface area contributed by atoms with Gasteiger partial charge in [-0.15, -0.1) is 0 Å². The molecule has 6 heteroatoms. The van der Waals surface area contributed by atoms with E-state index in [1.807, 2.05) is 6.07 Å². The Morgan fingerprint density at radius 2 is 2.25 bits per heavy atom. The number of nitrogens with one attached hydrogen (secondary N) is 2. The molecule has 0 saturated carbocycles. The Hall–Kier alpha value is -2.24. The topological polar surface area (TPSA) is 93.2 Å². The maximum atomic E-state index is 11.5. The number of anilines is 2. The molecule has 1 amide bonds. The van der Waals surface area contributed by atoms with Gasteiger partial charge in [0.05, 0.1) is 5.69 Å². The molecule has 1 aromatic carbocycles. The van der Waals surface area contributed by atoms with E-state index >= 15 is 0 Å². The molecular weight excluding hydrogens is 256 g/mol. The van der Waals surface area contributed by atoms with Crippen LogP contribution in [0.15, 0.2) is 22.6 Å². The molecule has 2 aromatic rings. The Morgan fingerprint density at radius 1 is 1.45 bits per heavy atom. The summed E-state index contributed by atoms with van der Waals surface area (Å²) in [4.78, 5) is 15.8. The van der Waals surface area contributed by atoms with Gasteiger partial charge in [-0.2, -0.15) is 4.98 Å². The van der Waals surface area contributed by atoms with Crippen molar-refractivity contribution in [1.29, 1.82) is 0 Å². The molecule has 0 fully saturated rings. The predicted octanol–water partition coefficient (Wildman–Crippen LogP) is 1.98. The first-order chi connectivity index (χ1) is 9.56. The zero-order valence-corrected chi connectivity index (χ0v) is 11.8. The molecule has 0 aliphatic heterocycles. The van der Waals surface area contributed by atoms with Gasteiger partial charge in [0.25, 0.3) is 6.01 Å². The van der Waals surface area contributed by atoms with Gasteiger partial charge in [-0.3, -0.25) is 4.79 Å².